The lowest BCUT2D eigenvalue weighted by atomic mass is 9.92. The molecule has 2 atom stereocenters. The minimum atomic E-state index is -3.78. The van der Waals surface area contributed by atoms with Crippen LogP contribution in [0.15, 0.2) is 52.3 Å². The summed E-state index contributed by atoms with van der Waals surface area (Å²) in [7, 11) is -7.34. The average molecular weight is 471 g/mol. The fourth-order valence-electron chi connectivity index (χ4n) is 3.69. The van der Waals surface area contributed by atoms with Gasteiger partial charge in [-0.1, -0.05) is 12.1 Å². The standard InChI is InChI=1S/C22H27FO6S2/c1-15(2)29-16-6-5-7-18(12-16)31(26,27)22(3)10-11-28-21(14-22)19-9-8-17(13-20(19)23)30(4,24)25/h5-9,12-13,15,21H,10-11,14H2,1-4H3. The number of hydrogen-bond acceptors (Lipinski definition) is 6. The van der Waals surface area contributed by atoms with Crippen molar-refractivity contribution in [2.45, 2.75) is 60.4 Å². The van der Waals surface area contributed by atoms with Crippen molar-refractivity contribution in [2.75, 3.05) is 12.9 Å². The predicted octanol–water partition coefficient (Wildman–Crippen LogP) is 4.10. The van der Waals surface area contributed by atoms with Gasteiger partial charge in [0.25, 0.3) is 0 Å². The molecule has 6 nitrogen and oxygen atoms in total. The largest absolute Gasteiger partial charge is 0.491 e. The smallest absolute Gasteiger partial charge is 0.184 e. The third-order valence-electron chi connectivity index (χ3n) is 5.45. The van der Waals surface area contributed by atoms with Gasteiger partial charge in [0.1, 0.15) is 11.6 Å². The fourth-order valence-corrected chi connectivity index (χ4v) is 6.14. The molecule has 0 saturated carbocycles. The number of rotatable bonds is 6. The Morgan fingerprint density at radius 3 is 2.42 bits per heavy atom. The second kappa shape index (κ2) is 8.52. The van der Waals surface area contributed by atoms with Crippen LogP contribution in [0.2, 0.25) is 0 Å². The molecule has 1 aliphatic rings. The quantitative estimate of drug-likeness (QED) is 0.632. The van der Waals surface area contributed by atoms with Gasteiger partial charge in [0.15, 0.2) is 19.7 Å². The molecule has 0 radical (unpaired) electrons. The van der Waals surface area contributed by atoms with E-state index < -0.39 is 36.3 Å². The number of hydrogen-bond donors (Lipinski definition) is 0. The first-order valence-corrected chi connectivity index (χ1v) is 13.3. The zero-order chi connectivity index (χ0) is 23.0. The van der Waals surface area contributed by atoms with E-state index in [0.29, 0.717) is 5.75 Å². The van der Waals surface area contributed by atoms with Crippen molar-refractivity contribution >= 4 is 19.7 Å². The van der Waals surface area contributed by atoms with Crippen LogP contribution in [-0.4, -0.2) is 40.5 Å². The van der Waals surface area contributed by atoms with Gasteiger partial charge in [0.05, 0.1) is 26.7 Å². The molecular formula is C22H27FO6S2. The van der Waals surface area contributed by atoms with E-state index in [0.717, 1.165) is 12.3 Å². The Morgan fingerprint density at radius 1 is 1.10 bits per heavy atom. The Kier molecular flexibility index (Phi) is 6.51. The molecule has 0 aliphatic carbocycles. The third-order valence-corrected chi connectivity index (χ3v) is 9.10. The van der Waals surface area contributed by atoms with Crippen molar-refractivity contribution in [1.82, 2.24) is 0 Å². The maximum Gasteiger partial charge on any atom is 0.184 e. The van der Waals surface area contributed by atoms with E-state index in [4.69, 9.17) is 9.47 Å². The van der Waals surface area contributed by atoms with Crippen LogP contribution in [0, 0.1) is 5.82 Å². The molecule has 170 valence electrons. The molecule has 0 bridgehead atoms. The van der Waals surface area contributed by atoms with Crippen molar-refractivity contribution in [2.24, 2.45) is 0 Å². The van der Waals surface area contributed by atoms with Crippen LogP contribution in [0.4, 0.5) is 4.39 Å². The summed E-state index contributed by atoms with van der Waals surface area (Å²) in [6.07, 6.45) is 0.388. The van der Waals surface area contributed by atoms with Crippen LogP contribution in [0.5, 0.6) is 5.75 Å². The first kappa shape index (κ1) is 23.7. The average Bonchev–Trinajstić information content (AvgIpc) is 2.67. The molecule has 9 heteroatoms. The highest BCUT2D eigenvalue weighted by Gasteiger charge is 2.45. The molecule has 2 aromatic carbocycles. The van der Waals surface area contributed by atoms with E-state index in [-0.39, 0.29) is 40.9 Å². The Labute approximate surface area is 183 Å². The van der Waals surface area contributed by atoms with Crippen LogP contribution in [0.3, 0.4) is 0 Å². The van der Waals surface area contributed by atoms with Crippen molar-refractivity contribution in [1.29, 1.82) is 0 Å². The molecule has 3 rings (SSSR count). The molecular weight excluding hydrogens is 443 g/mol. The van der Waals surface area contributed by atoms with Gasteiger partial charge in [-0.3, -0.25) is 0 Å². The molecule has 2 aromatic rings. The number of sulfone groups is 2. The normalized spacial score (nSPS) is 22.5. The van der Waals surface area contributed by atoms with Gasteiger partial charge in [-0.05, 0) is 63.9 Å². The first-order chi connectivity index (χ1) is 14.3. The predicted molar refractivity (Wildman–Crippen MR) is 115 cm³/mol. The molecule has 1 aliphatic heterocycles. The molecule has 31 heavy (non-hydrogen) atoms. The lowest BCUT2D eigenvalue weighted by Crippen LogP contribution is -2.42. The molecule has 1 fully saturated rings. The molecule has 0 N–H and O–H groups in total. The van der Waals surface area contributed by atoms with Crippen molar-refractivity contribution < 1.29 is 30.7 Å². The van der Waals surface area contributed by atoms with E-state index in [1.807, 2.05) is 13.8 Å². The summed E-state index contributed by atoms with van der Waals surface area (Å²) in [5.41, 5.74) is 0.144. The first-order valence-electron chi connectivity index (χ1n) is 9.96. The molecule has 2 unspecified atom stereocenters. The van der Waals surface area contributed by atoms with Crippen LogP contribution >= 0.6 is 0 Å². The zero-order valence-electron chi connectivity index (χ0n) is 18.0. The Bertz CT molecular complexity index is 1170. The van der Waals surface area contributed by atoms with Gasteiger partial charge in [-0.15, -0.1) is 0 Å². The van der Waals surface area contributed by atoms with Gasteiger partial charge in [-0.2, -0.15) is 0 Å². The SMILES string of the molecule is CC(C)Oc1cccc(S(=O)(=O)C2(C)CCOC(c3ccc(S(C)(=O)=O)cc3F)C2)c1. The highest BCUT2D eigenvalue weighted by Crippen LogP contribution is 2.43. The van der Waals surface area contributed by atoms with Gasteiger partial charge in [0, 0.05) is 18.4 Å². The summed E-state index contributed by atoms with van der Waals surface area (Å²) in [4.78, 5) is 0.00334. The zero-order valence-corrected chi connectivity index (χ0v) is 19.6. The van der Waals surface area contributed by atoms with Gasteiger partial charge in [0.2, 0.25) is 0 Å². The highest BCUT2D eigenvalue weighted by atomic mass is 32.2. The van der Waals surface area contributed by atoms with E-state index in [1.165, 1.54) is 24.3 Å². The van der Waals surface area contributed by atoms with Gasteiger partial charge < -0.3 is 9.47 Å². The third kappa shape index (κ3) is 4.94. The van der Waals surface area contributed by atoms with E-state index in [1.54, 1.807) is 19.1 Å². The molecule has 1 saturated heterocycles. The lowest BCUT2D eigenvalue weighted by Gasteiger charge is -2.38. The summed E-state index contributed by atoms with van der Waals surface area (Å²) in [6.45, 7) is 5.48. The minimum absolute atomic E-state index is 0.0414. The Balaban J connectivity index is 1.93. The fraction of sp³-hybridized carbons (Fsp3) is 0.455. The summed E-state index contributed by atoms with van der Waals surface area (Å²) >= 11 is 0. The van der Waals surface area contributed by atoms with Crippen molar-refractivity contribution in [3.05, 3.63) is 53.8 Å². The monoisotopic (exact) mass is 470 g/mol. The van der Waals surface area contributed by atoms with Crippen LogP contribution in [0.1, 0.15) is 45.3 Å². The maximum absolute atomic E-state index is 14.7. The summed E-state index contributed by atoms with van der Waals surface area (Å²) in [6, 6.07) is 9.98. The van der Waals surface area contributed by atoms with E-state index in [9.17, 15) is 21.2 Å². The minimum Gasteiger partial charge on any atom is -0.491 e. The number of halogens is 1. The molecule has 0 spiro atoms. The number of ether oxygens (including phenoxy) is 2. The van der Waals surface area contributed by atoms with E-state index >= 15 is 0 Å². The molecule has 0 amide bonds. The maximum atomic E-state index is 14.7. The van der Waals surface area contributed by atoms with Gasteiger partial charge in [-0.25, -0.2) is 21.2 Å². The van der Waals surface area contributed by atoms with Crippen molar-refractivity contribution in [3.63, 3.8) is 0 Å². The summed E-state index contributed by atoms with van der Waals surface area (Å²) < 4.78 is 75.2. The van der Waals surface area contributed by atoms with E-state index in [2.05, 4.69) is 0 Å². The number of benzene rings is 2. The molecule has 1 heterocycles. The Morgan fingerprint density at radius 2 is 1.81 bits per heavy atom. The highest BCUT2D eigenvalue weighted by molar-refractivity contribution is 7.92. The second-order valence-corrected chi connectivity index (χ2v) is 12.8. The van der Waals surface area contributed by atoms with Crippen LogP contribution < -0.4 is 4.74 Å². The summed E-state index contributed by atoms with van der Waals surface area (Å²) in [5.74, 6) is -0.271. The second-order valence-electron chi connectivity index (χ2n) is 8.36. The topological polar surface area (TPSA) is 86.7 Å². The van der Waals surface area contributed by atoms with Crippen LogP contribution in [-0.2, 0) is 24.4 Å². The van der Waals surface area contributed by atoms with Gasteiger partial charge >= 0.3 is 0 Å². The lowest BCUT2D eigenvalue weighted by molar-refractivity contribution is -0.00168. The van der Waals surface area contributed by atoms with Crippen molar-refractivity contribution in [3.8, 4) is 5.75 Å². The summed E-state index contributed by atoms with van der Waals surface area (Å²) in [5, 5.41) is 0. The van der Waals surface area contributed by atoms with Crippen LogP contribution in [0.25, 0.3) is 0 Å². The Hall–Kier alpha value is -1.97. The molecule has 0 aromatic heterocycles.